The molecule has 0 bridgehead atoms. The van der Waals surface area contributed by atoms with Crippen molar-refractivity contribution in [3.05, 3.63) is 0 Å². The van der Waals surface area contributed by atoms with Crippen molar-refractivity contribution in [3.63, 3.8) is 0 Å². The third-order valence-corrected chi connectivity index (χ3v) is 4.33. The Hall–Kier alpha value is -1.30. The summed E-state index contributed by atoms with van der Waals surface area (Å²) in [6.07, 6.45) is 2.41. The van der Waals surface area contributed by atoms with Crippen LogP contribution < -0.4 is 5.32 Å². The molecule has 2 amide bonds. The van der Waals surface area contributed by atoms with Gasteiger partial charge in [0, 0.05) is 19.0 Å². The summed E-state index contributed by atoms with van der Waals surface area (Å²) in [6.45, 7) is 4.45. The Morgan fingerprint density at radius 1 is 1.10 bits per heavy atom. The lowest BCUT2D eigenvalue weighted by Crippen LogP contribution is -2.50. The van der Waals surface area contributed by atoms with Crippen molar-refractivity contribution in [1.82, 2.24) is 10.2 Å². The molecule has 0 aromatic carbocycles. The number of nitrogens with zero attached hydrogens (tertiary/aromatic N) is 1. The number of carboxylic acid groups (broad SMARTS) is 1. The number of carboxylic acids is 1. The van der Waals surface area contributed by atoms with Gasteiger partial charge in [-0.15, -0.1) is 0 Å². The molecule has 1 aliphatic heterocycles. The molecule has 0 aromatic heterocycles. The minimum absolute atomic E-state index is 0.0978. The Balaban J connectivity index is 1.95. The highest BCUT2D eigenvalue weighted by Crippen LogP contribution is 2.29. The summed E-state index contributed by atoms with van der Waals surface area (Å²) >= 11 is 0. The van der Waals surface area contributed by atoms with E-state index in [1.807, 2.05) is 0 Å². The van der Waals surface area contributed by atoms with Crippen molar-refractivity contribution >= 4 is 12.0 Å². The molecule has 0 radical (unpaired) electrons. The van der Waals surface area contributed by atoms with Gasteiger partial charge >= 0.3 is 12.0 Å². The Labute approximate surface area is 119 Å². The second-order valence-corrected chi connectivity index (χ2v) is 6.46. The van der Waals surface area contributed by atoms with Gasteiger partial charge in [0.15, 0.2) is 0 Å². The SMILES string of the molecule is CC1CC(C)CC(NC(=O)N2CC(O)C[C@H]2C(=O)O)C1. The first-order valence-electron chi connectivity index (χ1n) is 7.34. The van der Waals surface area contributed by atoms with Gasteiger partial charge in [0.25, 0.3) is 0 Å². The van der Waals surface area contributed by atoms with E-state index in [-0.39, 0.29) is 25.0 Å². The van der Waals surface area contributed by atoms with E-state index >= 15 is 0 Å². The van der Waals surface area contributed by atoms with Crippen molar-refractivity contribution in [2.75, 3.05) is 6.54 Å². The van der Waals surface area contributed by atoms with Crippen LogP contribution in [0.2, 0.25) is 0 Å². The molecule has 1 saturated carbocycles. The number of carbonyl (C=O) groups is 2. The lowest BCUT2D eigenvalue weighted by atomic mass is 9.80. The molecule has 4 atom stereocenters. The summed E-state index contributed by atoms with van der Waals surface area (Å²) in [7, 11) is 0. The van der Waals surface area contributed by atoms with Crippen LogP contribution in [0.3, 0.4) is 0 Å². The van der Waals surface area contributed by atoms with Gasteiger partial charge in [-0.3, -0.25) is 0 Å². The largest absolute Gasteiger partial charge is 0.480 e. The molecule has 3 N–H and O–H groups in total. The fourth-order valence-electron chi connectivity index (χ4n) is 3.59. The molecular formula is C14H24N2O4. The predicted molar refractivity (Wildman–Crippen MR) is 73.3 cm³/mol. The van der Waals surface area contributed by atoms with Crippen molar-refractivity contribution in [2.45, 2.75) is 57.7 Å². The lowest BCUT2D eigenvalue weighted by Gasteiger charge is -2.33. The average Bonchev–Trinajstić information content (AvgIpc) is 2.70. The van der Waals surface area contributed by atoms with Gasteiger partial charge in [-0.1, -0.05) is 13.8 Å². The summed E-state index contributed by atoms with van der Waals surface area (Å²) in [4.78, 5) is 24.6. The molecule has 2 aliphatic rings. The maximum Gasteiger partial charge on any atom is 0.326 e. The first-order chi connectivity index (χ1) is 9.36. The number of nitrogens with one attached hydrogen (secondary N) is 1. The number of aliphatic carboxylic acids is 1. The molecule has 6 heteroatoms. The number of carbonyl (C=O) groups excluding carboxylic acids is 1. The highest BCUT2D eigenvalue weighted by molar-refractivity contribution is 5.83. The number of hydrogen-bond acceptors (Lipinski definition) is 3. The Morgan fingerprint density at radius 2 is 1.70 bits per heavy atom. The third kappa shape index (κ3) is 3.42. The van der Waals surface area contributed by atoms with Gasteiger partial charge in [-0.25, -0.2) is 9.59 Å². The van der Waals surface area contributed by atoms with E-state index in [2.05, 4.69) is 19.2 Å². The molecule has 20 heavy (non-hydrogen) atoms. The number of likely N-dealkylation sites (tertiary alicyclic amines) is 1. The molecule has 3 unspecified atom stereocenters. The second-order valence-electron chi connectivity index (χ2n) is 6.46. The van der Waals surface area contributed by atoms with E-state index in [4.69, 9.17) is 5.11 Å². The molecule has 1 saturated heterocycles. The van der Waals surface area contributed by atoms with Gasteiger partial charge in [-0.05, 0) is 31.1 Å². The maximum absolute atomic E-state index is 12.2. The molecule has 1 heterocycles. The highest BCUT2D eigenvalue weighted by Gasteiger charge is 2.39. The van der Waals surface area contributed by atoms with E-state index in [9.17, 15) is 14.7 Å². The number of β-amino-alcohol motifs (C(OH)–C–C–N with tert-alkyl or cyclic N) is 1. The number of aliphatic hydroxyl groups is 1. The standard InChI is InChI=1S/C14H24N2O4/c1-8-3-9(2)5-10(4-8)15-14(20)16-7-11(17)6-12(16)13(18)19/h8-12,17H,3-7H2,1-2H3,(H,15,20)(H,18,19)/t8?,9?,10?,11?,12-/m0/s1. The molecule has 114 valence electrons. The number of hydrogen-bond donors (Lipinski definition) is 3. The molecule has 1 aliphatic carbocycles. The Morgan fingerprint density at radius 3 is 2.25 bits per heavy atom. The lowest BCUT2D eigenvalue weighted by molar-refractivity contribution is -0.141. The Bertz CT molecular complexity index is 377. The Kier molecular flexibility index (Phi) is 4.52. The minimum Gasteiger partial charge on any atom is -0.480 e. The van der Waals surface area contributed by atoms with Crippen LogP contribution in [-0.2, 0) is 4.79 Å². The second kappa shape index (κ2) is 5.99. The van der Waals surface area contributed by atoms with Crippen LogP contribution in [-0.4, -0.2) is 51.8 Å². The van der Waals surface area contributed by atoms with Crippen LogP contribution in [0, 0.1) is 11.8 Å². The zero-order valence-electron chi connectivity index (χ0n) is 12.1. The summed E-state index contributed by atoms with van der Waals surface area (Å²) in [5, 5.41) is 21.6. The summed E-state index contributed by atoms with van der Waals surface area (Å²) in [5.74, 6) is 0.0917. The van der Waals surface area contributed by atoms with Crippen molar-refractivity contribution in [3.8, 4) is 0 Å². The molecule has 0 aromatic rings. The molecular weight excluding hydrogens is 260 g/mol. The van der Waals surface area contributed by atoms with E-state index in [0.717, 1.165) is 12.8 Å². The van der Waals surface area contributed by atoms with E-state index in [1.54, 1.807) is 0 Å². The molecule has 2 rings (SSSR count). The number of urea groups is 1. The zero-order valence-corrected chi connectivity index (χ0v) is 12.1. The number of rotatable bonds is 2. The van der Waals surface area contributed by atoms with Gasteiger partial charge in [-0.2, -0.15) is 0 Å². The van der Waals surface area contributed by atoms with Crippen LogP contribution in [0.1, 0.15) is 39.5 Å². The summed E-state index contributed by atoms with van der Waals surface area (Å²) < 4.78 is 0. The van der Waals surface area contributed by atoms with E-state index in [0.29, 0.717) is 11.8 Å². The van der Waals surface area contributed by atoms with Gasteiger partial charge in [0.2, 0.25) is 0 Å². The number of aliphatic hydroxyl groups excluding tert-OH is 1. The third-order valence-electron chi connectivity index (χ3n) is 4.33. The normalized spacial score (nSPS) is 37.8. The van der Waals surface area contributed by atoms with Gasteiger partial charge < -0.3 is 20.4 Å². The van der Waals surface area contributed by atoms with Crippen LogP contribution in [0.15, 0.2) is 0 Å². The molecule has 0 spiro atoms. The van der Waals surface area contributed by atoms with Crippen molar-refractivity contribution in [1.29, 1.82) is 0 Å². The fourth-order valence-corrected chi connectivity index (χ4v) is 3.59. The van der Waals surface area contributed by atoms with E-state index in [1.165, 1.54) is 11.3 Å². The van der Waals surface area contributed by atoms with Gasteiger partial charge in [0.05, 0.1) is 6.10 Å². The van der Waals surface area contributed by atoms with Gasteiger partial charge in [0.1, 0.15) is 6.04 Å². The topological polar surface area (TPSA) is 89.9 Å². The van der Waals surface area contributed by atoms with Crippen LogP contribution >= 0.6 is 0 Å². The highest BCUT2D eigenvalue weighted by atomic mass is 16.4. The molecule has 2 fully saturated rings. The van der Waals surface area contributed by atoms with E-state index < -0.39 is 18.1 Å². The summed E-state index contributed by atoms with van der Waals surface area (Å²) in [6, 6.07) is -1.17. The zero-order chi connectivity index (χ0) is 14.9. The van der Waals surface area contributed by atoms with Crippen LogP contribution in [0.25, 0.3) is 0 Å². The van der Waals surface area contributed by atoms with Crippen molar-refractivity contribution in [2.24, 2.45) is 11.8 Å². The number of amides is 2. The quantitative estimate of drug-likeness (QED) is 0.707. The van der Waals surface area contributed by atoms with Crippen LogP contribution in [0.5, 0.6) is 0 Å². The first-order valence-corrected chi connectivity index (χ1v) is 7.34. The molecule has 6 nitrogen and oxygen atoms in total. The predicted octanol–water partition coefficient (Wildman–Crippen LogP) is 1.04. The average molecular weight is 284 g/mol. The maximum atomic E-state index is 12.2. The van der Waals surface area contributed by atoms with Crippen LogP contribution in [0.4, 0.5) is 4.79 Å². The van der Waals surface area contributed by atoms with Crippen molar-refractivity contribution < 1.29 is 19.8 Å². The smallest absolute Gasteiger partial charge is 0.326 e. The summed E-state index contributed by atoms with van der Waals surface area (Å²) in [5.41, 5.74) is 0. The first kappa shape index (κ1) is 15.1. The minimum atomic E-state index is -1.05. The fraction of sp³-hybridized carbons (Fsp3) is 0.857. The monoisotopic (exact) mass is 284 g/mol.